The number of piperidine rings is 1. The van der Waals surface area contributed by atoms with Crippen molar-refractivity contribution in [2.45, 2.75) is 45.7 Å². The molecule has 1 aliphatic heterocycles. The first-order chi connectivity index (χ1) is 11.6. The number of aromatic amines is 1. The molecule has 1 saturated heterocycles. The molecule has 1 fully saturated rings. The van der Waals surface area contributed by atoms with E-state index in [0.29, 0.717) is 28.4 Å². The van der Waals surface area contributed by atoms with Crippen molar-refractivity contribution in [3.05, 3.63) is 33.6 Å². The maximum Gasteiger partial charge on any atom is 0.202 e. The molecule has 2 aromatic rings. The number of fused-ring (bicyclic) bond motifs is 1. The second-order valence-electron chi connectivity index (χ2n) is 6.76. The van der Waals surface area contributed by atoms with Gasteiger partial charge < -0.3 is 19.4 Å². The summed E-state index contributed by atoms with van der Waals surface area (Å²) in [6.45, 7) is 6.15. The summed E-state index contributed by atoms with van der Waals surface area (Å²) in [5, 5.41) is 0.585. The van der Waals surface area contributed by atoms with Crippen LogP contribution in [0.1, 0.15) is 37.4 Å². The van der Waals surface area contributed by atoms with E-state index in [1.807, 2.05) is 13.0 Å². The van der Waals surface area contributed by atoms with E-state index in [4.69, 9.17) is 9.47 Å². The number of hydrogen-bond acceptors (Lipinski definition) is 3. The molecule has 0 radical (unpaired) electrons. The molecular formula is C19H27N2O3+. The van der Waals surface area contributed by atoms with Crippen molar-refractivity contribution in [2.24, 2.45) is 0 Å². The van der Waals surface area contributed by atoms with Crippen molar-refractivity contribution in [3.63, 3.8) is 0 Å². The number of methoxy groups -OCH3 is 2. The van der Waals surface area contributed by atoms with Crippen molar-refractivity contribution >= 4 is 10.9 Å². The molecule has 2 heterocycles. The van der Waals surface area contributed by atoms with E-state index < -0.39 is 0 Å². The van der Waals surface area contributed by atoms with Crippen molar-refractivity contribution in [2.75, 3.05) is 20.8 Å². The molecule has 1 aromatic heterocycles. The molecule has 0 spiro atoms. The number of quaternary nitrogens is 1. The summed E-state index contributed by atoms with van der Waals surface area (Å²) in [7, 11) is 3.21. The predicted octanol–water partition coefficient (Wildman–Crippen LogP) is 1.81. The first-order valence-corrected chi connectivity index (χ1v) is 8.67. The second-order valence-corrected chi connectivity index (χ2v) is 6.76. The number of hydrogen-bond donors (Lipinski definition) is 2. The van der Waals surface area contributed by atoms with Crippen LogP contribution in [0.15, 0.2) is 16.9 Å². The summed E-state index contributed by atoms with van der Waals surface area (Å²) < 4.78 is 10.8. The SMILES string of the molecule is COc1ccc(OC)c2c(=O)c(C[NH+]3CCCC[C@@H]3C)c(C)[nH]c12. The van der Waals surface area contributed by atoms with Gasteiger partial charge in [-0.3, -0.25) is 4.79 Å². The number of ether oxygens (including phenoxy) is 2. The molecule has 2 atom stereocenters. The summed E-state index contributed by atoms with van der Waals surface area (Å²) >= 11 is 0. The molecule has 5 nitrogen and oxygen atoms in total. The van der Waals surface area contributed by atoms with Gasteiger partial charge in [-0.15, -0.1) is 0 Å². The fourth-order valence-corrected chi connectivity index (χ4v) is 3.79. The molecule has 5 heteroatoms. The minimum absolute atomic E-state index is 0.0577. The molecule has 24 heavy (non-hydrogen) atoms. The number of likely N-dealkylation sites (tertiary alicyclic amines) is 1. The van der Waals surface area contributed by atoms with Crippen LogP contribution < -0.4 is 19.8 Å². The average Bonchev–Trinajstić information content (AvgIpc) is 2.59. The fourth-order valence-electron chi connectivity index (χ4n) is 3.79. The molecule has 1 unspecified atom stereocenters. The smallest absolute Gasteiger partial charge is 0.202 e. The summed E-state index contributed by atoms with van der Waals surface area (Å²) in [4.78, 5) is 18.1. The maximum absolute atomic E-state index is 13.2. The average molecular weight is 331 g/mol. The lowest BCUT2D eigenvalue weighted by molar-refractivity contribution is -0.942. The minimum atomic E-state index is 0.0577. The third-order valence-corrected chi connectivity index (χ3v) is 5.32. The number of nitrogens with one attached hydrogen (secondary N) is 2. The summed E-state index contributed by atoms with van der Waals surface area (Å²) in [6.07, 6.45) is 3.76. The van der Waals surface area contributed by atoms with E-state index in [-0.39, 0.29) is 5.43 Å². The Bertz CT molecular complexity index is 797. The van der Waals surface area contributed by atoms with Crippen LogP contribution >= 0.6 is 0 Å². The zero-order chi connectivity index (χ0) is 17.3. The molecule has 0 bridgehead atoms. The number of rotatable bonds is 4. The lowest BCUT2D eigenvalue weighted by Crippen LogP contribution is -3.15. The highest BCUT2D eigenvalue weighted by Gasteiger charge is 2.25. The summed E-state index contributed by atoms with van der Waals surface area (Å²) in [6, 6.07) is 4.22. The Morgan fingerprint density at radius 3 is 2.58 bits per heavy atom. The fraction of sp³-hybridized carbons (Fsp3) is 0.526. The second kappa shape index (κ2) is 6.85. The van der Waals surface area contributed by atoms with Crippen LogP contribution in [0.5, 0.6) is 11.5 Å². The molecule has 0 saturated carbocycles. The van der Waals surface area contributed by atoms with Gasteiger partial charge in [0.1, 0.15) is 18.0 Å². The first-order valence-electron chi connectivity index (χ1n) is 8.67. The van der Waals surface area contributed by atoms with E-state index >= 15 is 0 Å². The van der Waals surface area contributed by atoms with Crippen molar-refractivity contribution in [3.8, 4) is 11.5 Å². The van der Waals surface area contributed by atoms with Crippen LogP contribution in [-0.4, -0.2) is 31.8 Å². The number of aryl methyl sites for hydroxylation is 1. The zero-order valence-electron chi connectivity index (χ0n) is 15.0. The third kappa shape index (κ3) is 2.88. The van der Waals surface area contributed by atoms with Gasteiger partial charge in [-0.25, -0.2) is 0 Å². The number of H-pyrrole nitrogens is 1. The topological polar surface area (TPSA) is 55.8 Å². The van der Waals surface area contributed by atoms with Crippen LogP contribution in [0.4, 0.5) is 0 Å². The van der Waals surface area contributed by atoms with Gasteiger partial charge in [-0.05, 0) is 45.2 Å². The van der Waals surface area contributed by atoms with E-state index in [9.17, 15) is 4.79 Å². The summed E-state index contributed by atoms with van der Waals surface area (Å²) in [5.74, 6) is 1.26. The van der Waals surface area contributed by atoms with Gasteiger partial charge in [0.2, 0.25) is 5.43 Å². The van der Waals surface area contributed by atoms with Gasteiger partial charge >= 0.3 is 0 Å². The number of aromatic nitrogens is 1. The van der Waals surface area contributed by atoms with Gasteiger partial charge in [0.15, 0.2) is 0 Å². The largest absolute Gasteiger partial charge is 0.496 e. The van der Waals surface area contributed by atoms with Gasteiger partial charge in [-0.2, -0.15) is 0 Å². The van der Waals surface area contributed by atoms with E-state index in [1.165, 1.54) is 24.2 Å². The molecule has 0 aliphatic carbocycles. The highest BCUT2D eigenvalue weighted by molar-refractivity contribution is 5.90. The molecule has 1 aliphatic rings. The Hall–Kier alpha value is -2.01. The Balaban J connectivity index is 2.13. The van der Waals surface area contributed by atoms with Crippen LogP contribution in [0.3, 0.4) is 0 Å². The van der Waals surface area contributed by atoms with E-state index in [0.717, 1.165) is 24.3 Å². The Kier molecular flexibility index (Phi) is 4.81. The van der Waals surface area contributed by atoms with Crippen molar-refractivity contribution < 1.29 is 14.4 Å². The molecule has 0 amide bonds. The lowest BCUT2D eigenvalue weighted by atomic mass is 10.0. The van der Waals surface area contributed by atoms with E-state index in [1.54, 1.807) is 20.3 Å². The maximum atomic E-state index is 13.2. The van der Waals surface area contributed by atoms with Crippen LogP contribution in [0.2, 0.25) is 0 Å². The highest BCUT2D eigenvalue weighted by atomic mass is 16.5. The van der Waals surface area contributed by atoms with Gasteiger partial charge in [0.25, 0.3) is 0 Å². The molecule has 1 aromatic carbocycles. The molecule has 2 N–H and O–H groups in total. The standard InChI is InChI=1S/C19H26N2O3/c1-12-7-5-6-10-21(12)11-14-13(2)20-18-16(24-4)9-8-15(23-3)17(18)19(14)22/h8-9,12H,5-7,10-11H2,1-4H3,(H,20,22)/p+1/t12-/m0/s1. The van der Waals surface area contributed by atoms with Crippen molar-refractivity contribution in [1.82, 2.24) is 4.98 Å². The van der Waals surface area contributed by atoms with Gasteiger partial charge in [0, 0.05) is 5.69 Å². The van der Waals surface area contributed by atoms with Crippen LogP contribution in [0.25, 0.3) is 10.9 Å². The minimum Gasteiger partial charge on any atom is -0.496 e. The molecule has 3 rings (SSSR count). The monoisotopic (exact) mass is 331 g/mol. The third-order valence-electron chi connectivity index (χ3n) is 5.32. The first kappa shape index (κ1) is 16.8. The zero-order valence-corrected chi connectivity index (χ0v) is 15.0. The van der Waals surface area contributed by atoms with Gasteiger partial charge in [0.05, 0.1) is 43.3 Å². The van der Waals surface area contributed by atoms with E-state index in [2.05, 4.69) is 11.9 Å². The Morgan fingerprint density at radius 2 is 1.92 bits per heavy atom. The van der Waals surface area contributed by atoms with Crippen LogP contribution in [-0.2, 0) is 6.54 Å². The number of pyridine rings is 1. The van der Waals surface area contributed by atoms with Gasteiger partial charge in [-0.1, -0.05) is 0 Å². The lowest BCUT2D eigenvalue weighted by Gasteiger charge is -2.30. The van der Waals surface area contributed by atoms with Crippen LogP contribution in [0, 0.1) is 6.92 Å². The highest BCUT2D eigenvalue weighted by Crippen LogP contribution is 2.30. The predicted molar refractivity (Wildman–Crippen MR) is 95.3 cm³/mol. The normalized spacial score (nSPS) is 21.0. The Morgan fingerprint density at radius 1 is 1.21 bits per heavy atom. The molecular weight excluding hydrogens is 304 g/mol. The Labute approximate surface area is 142 Å². The quantitative estimate of drug-likeness (QED) is 0.898. The van der Waals surface area contributed by atoms with Crippen molar-refractivity contribution in [1.29, 1.82) is 0 Å². The molecule has 130 valence electrons. The number of benzene rings is 1. The summed E-state index contributed by atoms with van der Waals surface area (Å²) in [5.41, 5.74) is 2.55.